The number of rotatable bonds is 2. The number of fused-ring (bicyclic) bond motifs is 4. The number of pyridine rings is 1. The normalized spacial score (nSPS) is 30.9. The van der Waals surface area contributed by atoms with Gasteiger partial charge in [0, 0.05) is 18.0 Å². The highest BCUT2D eigenvalue weighted by molar-refractivity contribution is 8.44. The number of nitrogens with two attached hydrogens (primary N) is 1. The molecule has 4 aromatic heterocycles. The Kier molecular flexibility index (Phi) is 8.03. The van der Waals surface area contributed by atoms with E-state index in [4.69, 9.17) is 40.4 Å². The fraction of sp³-hybridized carbons (Fsp3) is 0.400. The monoisotopic (exact) mass is 661 g/mol. The van der Waals surface area contributed by atoms with Gasteiger partial charge in [-0.15, -0.1) is 0 Å². The zero-order valence-corrected chi connectivity index (χ0v) is 24.7. The van der Waals surface area contributed by atoms with Crippen LogP contribution in [0.1, 0.15) is 12.1 Å². The van der Waals surface area contributed by atoms with Crippen molar-refractivity contribution < 1.29 is 36.7 Å². The van der Waals surface area contributed by atoms with Crippen molar-refractivity contribution >= 4 is 54.7 Å². The fourth-order valence-electron chi connectivity index (χ4n) is 4.35. The van der Waals surface area contributed by atoms with Gasteiger partial charge in [0.15, 0.2) is 35.2 Å². The van der Waals surface area contributed by atoms with E-state index in [1.165, 1.54) is 9.25 Å². The van der Waals surface area contributed by atoms with Gasteiger partial charge >= 0.3 is 13.5 Å². The number of alkyl halides is 1. The molecule has 1 saturated heterocycles. The second kappa shape index (κ2) is 11.5. The molecule has 0 saturated carbocycles. The number of halogens is 1. The summed E-state index contributed by atoms with van der Waals surface area (Å²) < 4.78 is 59.5. The van der Waals surface area contributed by atoms with Crippen molar-refractivity contribution in [2.45, 2.75) is 37.8 Å². The molecule has 1 fully saturated rings. The molecule has 6 rings (SSSR count). The Hall–Kier alpha value is -2.64. The summed E-state index contributed by atoms with van der Waals surface area (Å²) in [4.78, 5) is 41.7. The van der Waals surface area contributed by atoms with Crippen LogP contribution in [-0.2, 0) is 52.4 Å². The number of anilines is 1. The lowest BCUT2D eigenvalue weighted by Gasteiger charge is -2.23. The Bertz CT molecular complexity index is 1780. The van der Waals surface area contributed by atoms with E-state index in [9.17, 15) is 14.3 Å². The summed E-state index contributed by atoms with van der Waals surface area (Å²) >= 11 is 9.15. The number of hydrogen-bond donors (Lipinski definition) is 4. The van der Waals surface area contributed by atoms with Crippen LogP contribution < -0.4 is 11.3 Å². The molecule has 4 N–H and O–H groups in total. The zero-order valence-electron chi connectivity index (χ0n) is 21.2. The second-order valence-corrected chi connectivity index (χ2v) is 14.7. The van der Waals surface area contributed by atoms with Crippen LogP contribution in [0.2, 0.25) is 0 Å². The third kappa shape index (κ3) is 6.05. The van der Waals surface area contributed by atoms with E-state index in [1.807, 2.05) is 0 Å². The minimum absolute atomic E-state index is 0.0517. The van der Waals surface area contributed by atoms with Crippen LogP contribution in [0.25, 0.3) is 22.6 Å². The van der Waals surface area contributed by atoms with E-state index >= 15 is 4.39 Å². The van der Waals surface area contributed by atoms with Gasteiger partial charge in [-0.3, -0.25) is 28.4 Å². The average molecular weight is 662 g/mol. The molecule has 0 spiro atoms. The minimum Gasteiger partial charge on any atom is -0.369 e. The van der Waals surface area contributed by atoms with Gasteiger partial charge < -0.3 is 24.4 Å². The first-order chi connectivity index (χ1) is 20.0. The molecule has 6 atom stereocenters. The number of ether oxygens (including phenoxy) is 1. The topological polar surface area (TPSA) is 217 Å². The van der Waals surface area contributed by atoms with Crippen molar-refractivity contribution in [3.8, 4) is 11.4 Å². The maximum atomic E-state index is 15.8. The van der Waals surface area contributed by atoms with E-state index in [0.29, 0.717) is 11.4 Å². The molecule has 2 aliphatic rings. The predicted octanol–water partition coefficient (Wildman–Crippen LogP) is 1.49. The lowest BCUT2D eigenvalue weighted by Crippen LogP contribution is -2.32. The Morgan fingerprint density at radius 2 is 2.02 bits per heavy atom. The predicted molar refractivity (Wildman–Crippen MR) is 149 cm³/mol. The van der Waals surface area contributed by atoms with Gasteiger partial charge in [-0.25, -0.2) is 23.6 Å². The molecule has 4 aromatic rings. The number of aromatic amines is 1. The fourth-order valence-corrected chi connectivity index (χ4v) is 6.85. The van der Waals surface area contributed by atoms with Crippen molar-refractivity contribution in [2.24, 2.45) is 0 Å². The molecule has 2 bridgehead atoms. The highest BCUT2D eigenvalue weighted by Gasteiger charge is 2.51. The number of imidazole rings is 1. The Labute approximate surface area is 245 Å². The quantitative estimate of drug-likeness (QED) is 0.177. The number of H-pyrrole nitrogens is 1. The number of nitrogens with one attached hydrogen (secondary N) is 1. The van der Waals surface area contributed by atoms with Gasteiger partial charge in [0.2, 0.25) is 5.95 Å². The van der Waals surface area contributed by atoms with Crippen molar-refractivity contribution in [1.82, 2.24) is 39.3 Å². The third-order valence-electron chi connectivity index (χ3n) is 6.25. The summed E-state index contributed by atoms with van der Waals surface area (Å²) in [5.74, 6) is 0.266. The lowest BCUT2D eigenvalue weighted by atomic mass is 10.1. The summed E-state index contributed by atoms with van der Waals surface area (Å²) in [5, 5.41) is 4.43. The molecular formula is C20H22FN9O8P2S2. The molecule has 2 unspecified atom stereocenters. The number of hydrogen-bond acceptors (Lipinski definition) is 14. The molecule has 0 aliphatic carbocycles. The van der Waals surface area contributed by atoms with E-state index in [1.54, 1.807) is 24.5 Å². The molecule has 0 aromatic carbocycles. The standard InChI is InChI=1S/C20H22FN9O8P2S2/c21-13-11-7-35-39(32,41)34-6-5-30-12(25-16(28-30)10-1-3-23-4-2-10)8-36-40(33,42)38-15(13)19(37-11)29-9-24-14-17(29)26-20(22)27-18(14)31/h1-4,9,11,13,15,19H,5-8H2,(H,32,41)(H,33,42)(H3,22,26,27,31)/t11-,13+,15-,19+,39?,40?/m1/s1. The molecule has 17 nitrogen and oxygen atoms in total. The first-order valence-corrected chi connectivity index (χ1v) is 17.4. The zero-order chi connectivity index (χ0) is 29.6. The summed E-state index contributed by atoms with van der Waals surface area (Å²) in [6, 6.07) is 3.38. The van der Waals surface area contributed by atoms with Gasteiger partial charge in [0.25, 0.3) is 5.56 Å². The summed E-state index contributed by atoms with van der Waals surface area (Å²) in [6.45, 7) is -9.27. The van der Waals surface area contributed by atoms with Crippen molar-refractivity contribution in [2.75, 3.05) is 18.9 Å². The van der Waals surface area contributed by atoms with Gasteiger partial charge in [-0.1, -0.05) is 12.2 Å². The molecule has 0 amide bonds. The van der Waals surface area contributed by atoms with E-state index in [2.05, 4.69) is 42.3 Å². The van der Waals surface area contributed by atoms with E-state index in [-0.39, 0.29) is 36.1 Å². The van der Waals surface area contributed by atoms with Gasteiger partial charge in [-0.05, 0) is 23.9 Å². The van der Waals surface area contributed by atoms with Crippen molar-refractivity contribution in [1.29, 1.82) is 0 Å². The largest absolute Gasteiger partial charge is 0.387 e. The molecule has 2 aliphatic heterocycles. The van der Waals surface area contributed by atoms with E-state index < -0.39 is 56.9 Å². The molecule has 22 heteroatoms. The molecule has 0 radical (unpaired) electrons. The van der Waals surface area contributed by atoms with Gasteiger partial charge in [0.05, 0.1) is 26.1 Å². The SMILES string of the molecule is Nc1nc2c(ncn2[C@H]2O[C@@H]3COP(O)(=S)OCCn4nc(-c5ccncc5)nc4COP(=O)(S)O[C@@H]2[C@H]3F)c(=O)[nH]1. The Morgan fingerprint density at radius 1 is 1.24 bits per heavy atom. The number of thiol groups is 1. The van der Waals surface area contributed by atoms with Crippen LogP contribution in [0.15, 0.2) is 35.6 Å². The van der Waals surface area contributed by atoms with Crippen LogP contribution >= 0.6 is 25.8 Å². The van der Waals surface area contributed by atoms with Crippen molar-refractivity contribution in [3.05, 3.63) is 47.0 Å². The van der Waals surface area contributed by atoms with Gasteiger partial charge in [0.1, 0.15) is 18.8 Å². The molecule has 6 heterocycles. The Morgan fingerprint density at radius 3 is 2.81 bits per heavy atom. The minimum atomic E-state index is -4.32. The van der Waals surface area contributed by atoms with Crippen LogP contribution in [0.5, 0.6) is 0 Å². The molecule has 224 valence electrons. The highest BCUT2D eigenvalue weighted by atomic mass is 32.7. The van der Waals surface area contributed by atoms with Crippen LogP contribution in [0, 0.1) is 0 Å². The number of aromatic nitrogens is 8. The number of nitrogen functional groups attached to an aromatic ring is 1. The summed E-state index contributed by atoms with van der Waals surface area (Å²) in [6.07, 6.45) is -2.17. The smallest absolute Gasteiger partial charge is 0.369 e. The highest BCUT2D eigenvalue weighted by Crippen LogP contribution is 2.57. The van der Waals surface area contributed by atoms with E-state index in [0.717, 1.165) is 6.33 Å². The maximum absolute atomic E-state index is 15.8. The lowest BCUT2D eigenvalue weighted by molar-refractivity contribution is -0.0454. The average Bonchev–Trinajstić information content (AvgIpc) is 3.63. The second-order valence-electron chi connectivity index (χ2n) is 9.00. The van der Waals surface area contributed by atoms with Crippen molar-refractivity contribution in [3.63, 3.8) is 0 Å². The summed E-state index contributed by atoms with van der Waals surface area (Å²) in [7, 11) is 0. The van der Waals surface area contributed by atoms with Gasteiger partial charge in [-0.2, -0.15) is 10.1 Å². The first kappa shape index (κ1) is 29.4. The summed E-state index contributed by atoms with van der Waals surface area (Å²) in [5.41, 5.74) is 5.51. The number of nitrogens with zero attached hydrogens (tertiary/aromatic N) is 7. The first-order valence-electron chi connectivity index (χ1n) is 12.1. The maximum Gasteiger partial charge on any atom is 0.387 e. The van der Waals surface area contributed by atoms with Crippen LogP contribution in [-0.4, -0.2) is 75.8 Å². The Balaban J connectivity index is 1.35. The van der Waals surface area contributed by atoms with Crippen LogP contribution in [0.4, 0.5) is 10.3 Å². The van der Waals surface area contributed by atoms with Crippen LogP contribution in [0.3, 0.4) is 0 Å². The third-order valence-corrected chi connectivity index (χ3v) is 9.46. The molecular weight excluding hydrogens is 639 g/mol. The molecule has 42 heavy (non-hydrogen) atoms.